The third-order valence-corrected chi connectivity index (χ3v) is 9.51. The molecule has 0 radical (unpaired) electrons. The number of ether oxygens (including phenoxy) is 1. The summed E-state index contributed by atoms with van der Waals surface area (Å²) < 4.78 is 6.46. The van der Waals surface area contributed by atoms with Crippen molar-refractivity contribution in [2.24, 2.45) is 34.0 Å². The second kappa shape index (κ2) is 4.20. The molecule has 0 aromatic heterocycles. The summed E-state index contributed by atoms with van der Waals surface area (Å²) in [5.41, 5.74) is -1.02. The van der Waals surface area contributed by atoms with Crippen molar-refractivity contribution in [1.82, 2.24) is 0 Å². The fraction of sp³-hybridized carbons (Fsp3) is 0.950. The molecule has 9 atom stereocenters. The molecule has 2 heterocycles. The van der Waals surface area contributed by atoms with E-state index in [1.165, 1.54) is 0 Å². The van der Waals surface area contributed by atoms with Crippen LogP contribution in [-0.4, -0.2) is 34.0 Å². The fourth-order valence-corrected chi connectivity index (χ4v) is 8.65. The largest absolute Gasteiger partial charge is 0.481 e. The monoisotopic (exact) mass is 334 g/mol. The number of carbonyl (C=O) groups is 1. The number of aliphatic hydroxyl groups is 1. The second-order valence-electron chi connectivity index (χ2n) is 10.3. The van der Waals surface area contributed by atoms with E-state index in [9.17, 15) is 15.0 Å². The Labute approximate surface area is 144 Å². The average molecular weight is 334 g/mol. The minimum Gasteiger partial charge on any atom is -0.481 e. The summed E-state index contributed by atoms with van der Waals surface area (Å²) in [5.74, 6) is 0.383. The van der Waals surface area contributed by atoms with Gasteiger partial charge in [0.2, 0.25) is 0 Å². The van der Waals surface area contributed by atoms with Crippen LogP contribution in [0.5, 0.6) is 0 Å². The zero-order valence-corrected chi connectivity index (χ0v) is 15.0. The van der Waals surface area contributed by atoms with E-state index < -0.39 is 11.4 Å². The molecule has 0 aromatic carbocycles. The summed E-state index contributed by atoms with van der Waals surface area (Å²) in [5, 5.41) is 21.2. The molecule has 4 bridgehead atoms. The van der Waals surface area contributed by atoms with Crippen molar-refractivity contribution >= 4 is 5.97 Å². The number of fused-ring (bicyclic) bond motifs is 1. The minimum atomic E-state index is -0.630. The number of hydrogen-bond acceptors (Lipinski definition) is 3. The summed E-state index contributed by atoms with van der Waals surface area (Å²) in [6.07, 6.45) is 6.76. The molecule has 2 N–H and O–H groups in total. The number of carboxylic acids is 1. The molecule has 6 rings (SSSR count). The predicted molar refractivity (Wildman–Crippen MR) is 88.4 cm³/mol. The average Bonchev–Trinajstić information content (AvgIpc) is 2.84. The number of aliphatic carboxylic acids is 1. The van der Waals surface area contributed by atoms with E-state index in [-0.39, 0.29) is 34.6 Å². The molecule has 4 nitrogen and oxygen atoms in total. The van der Waals surface area contributed by atoms with Crippen molar-refractivity contribution in [2.45, 2.75) is 83.5 Å². The van der Waals surface area contributed by atoms with E-state index in [0.29, 0.717) is 11.8 Å². The van der Waals surface area contributed by atoms with Gasteiger partial charge in [0, 0.05) is 5.41 Å². The molecule has 134 valence electrons. The highest BCUT2D eigenvalue weighted by Gasteiger charge is 2.78. The highest BCUT2D eigenvalue weighted by atomic mass is 16.5. The molecule has 4 aliphatic carbocycles. The van der Waals surface area contributed by atoms with Gasteiger partial charge in [0.25, 0.3) is 0 Å². The van der Waals surface area contributed by atoms with Gasteiger partial charge in [0.1, 0.15) is 0 Å². The van der Waals surface area contributed by atoms with Gasteiger partial charge in [-0.15, -0.1) is 0 Å². The van der Waals surface area contributed by atoms with Crippen molar-refractivity contribution in [3.05, 3.63) is 0 Å². The molecule has 6 aliphatic rings. The summed E-state index contributed by atoms with van der Waals surface area (Å²) in [6, 6.07) is 0. The first-order valence-electron chi connectivity index (χ1n) is 9.78. The molecule has 2 aliphatic heterocycles. The highest BCUT2D eigenvalue weighted by molar-refractivity contribution is 5.75. The molecule has 4 saturated carbocycles. The van der Waals surface area contributed by atoms with Gasteiger partial charge in [-0.05, 0) is 75.5 Å². The molecule has 1 spiro atoms. The zero-order chi connectivity index (χ0) is 17.1. The number of rotatable bonds is 1. The third-order valence-electron chi connectivity index (χ3n) is 9.51. The molecule has 0 amide bonds. The summed E-state index contributed by atoms with van der Waals surface area (Å²) in [6.45, 7) is 6.41. The van der Waals surface area contributed by atoms with E-state index in [4.69, 9.17) is 4.74 Å². The highest BCUT2D eigenvalue weighted by Crippen LogP contribution is 2.76. The van der Waals surface area contributed by atoms with Crippen LogP contribution in [0.4, 0.5) is 0 Å². The van der Waals surface area contributed by atoms with Crippen molar-refractivity contribution in [2.75, 3.05) is 0 Å². The van der Waals surface area contributed by atoms with Gasteiger partial charge in [-0.2, -0.15) is 0 Å². The third kappa shape index (κ3) is 1.41. The zero-order valence-electron chi connectivity index (χ0n) is 15.0. The van der Waals surface area contributed by atoms with Gasteiger partial charge in [-0.1, -0.05) is 13.3 Å². The fourth-order valence-electron chi connectivity index (χ4n) is 8.65. The lowest BCUT2D eigenvalue weighted by atomic mass is 9.40. The molecule has 2 saturated heterocycles. The summed E-state index contributed by atoms with van der Waals surface area (Å²) >= 11 is 0. The topological polar surface area (TPSA) is 66.8 Å². The van der Waals surface area contributed by atoms with Crippen molar-refractivity contribution in [3.8, 4) is 0 Å². The molecule has 0 aromatic rings. The molecule has 6 fully saturated rings. The Kier molecular flexibility index (Phi) is 2.73. The van der Waals surface area contributed by atoms with E-state index in [0.717, 1.165) is 44.9 Å². The number of aliphatic hydroxyl groups excluding tert-OH is 1. The maximum absolute atomic E-state index is 12.1. The first-order chi connectivity index (χ1) is 11.2. The Morgan fingerprint density at radius 1 is 1.17 bits per heavy atom. The van der Waals surface area contributed by atoms with Gasteiger partial charge in [0.15, 0.2) is 0 Å². The first kappa shape index (κ1) is 15.6. The Morgan fingerprint density at radius 2 is 1.92 bits per heavy atom. The standard InChI is InChI=1S/C20H30O4/c1-17-6-4-7-18(2,16(22)23)13(17)5-8-20-10-11-9-12(14(17)20)24-19(11,3)15(20)21/h11-15,21H,4-10H2,1-3H3,(H,22,23)/t11-,12+,13+,14+,15?,17-,18-,19-,20-/m1/s1. The van der Waals surface area contributed by atoms with Gasteiger partial charge in [-0.3, -0.25) is 4.79 Å². The van der Waals surface area contributed by atoms with E-state index in [1.807, 2.05) is 6.92 Å². The summed E-state index contributed by atoms with van der Waals surface area (Å²) in [7, 11) is 0. The Hall–Kier alpha value is -0.610. The lowest BCUT2D eigenvalue weighted by Crippen LogP contribution is -2.66. The smallest absolute Gasteiger partial charge is 0.309 e. The van der Waals surface area contributed by atoms with Gasteiger partial charge in [-0.25, -0.2) is 0 Å². The van der Waals surface area contributed by atoms with Crippen molar-refractivity contribution < 1.29 is 19.7 Å². The second-order valence-corrected chi connectivity index (χ2v) is 10.3. The van der Waals surface area contributed by atoms with Crippen LogP contribution in [-0.2, 0) is 9.53 Å². The normalized spacial score (nSPS) is 63.9. The van der Waals surface area contributed by atoms with Gasteiger partial charge >= 0.3 is 5.97 Å². The Balaban J connectivity index is 1.63. The van der Waals surface area contributed by atoms with E-state index >= 15 is 0 Å². The number of carboxylic acid groups (broad SMARTS) is 1. The lowest BCUT2D eigenvalue weighted by Gasteiger charge is -2.66. The van der Waals surface area contributed by atoms with Crippen molar-refractivity contribution in [3.63, 3.8) is 0 Å². The van der Waals surface area contributed by atoms with Crippen LogP contribution >= 0.6 is 0 Å². The SMILES string of the molecule is C[C@@]12CCC[C@@](C)(C(=O)O)[C@H]1CC[C@]13C[C@H]4C[C@H](O[C@@]4(C)C1O)[C@H]32. The molecule has 1 unspecified atom stereocenters. The minimum absolute atomic E-state index is 0.0219. The Bertz CT molecular complexity index is 619. The molecular formula is C20H30O4. The van der Waals surface area contributed by atoms with Crippen LogP contribution in [0, 0.1) is 34.0 Å². The molecular weight excluding hydrogens is 304 g/mol. The summed E-state index contributed by atoms with van der Waals surface area (Å²) in [4.78, 5) is 12.1. The predicted octanol–water partition coefficient (Wildman–Crippen LogP) is 3.22. The van der Waals surface area contributed by atoms with Gasteiger partial charge < -0.3 is 14.9 Å². The lowest BCUT2D eigenvalue weighted by molar-refractivity contribution is -0.271. The van der Waals surface area contributed by atoms with Crippen LogP contribution in [0.1, 0.15) is 65.7 Å². The molecule has 4 heteroatoms. The molecule has 24 heavy (non-hydrogen) atoms. The number of hydrogen-bond donors (Lipinski definition) is 2. The van der Waals surface area contributed by atoms with Crippen LogP contribution in [0.15, 0.2) is 0 Å². The van der Waals surface area contributed by atoms with Crippen LogP contribution in [0.25, 0.3) is 0 Å². The maximum atomic E-state index is 12.1. The Morgan fingerprint density at radius 3 is 2.58 bits per heavy atom. The van der Waals surface area contributed by atoms with Crippen LogP contribution in [0.3, 0.4) is 0 Å². The quantitative estimate of drug-likeness (QED) is 0.773. The first-order valence-corrected chi connectivity index (χ1v) is 9.78. The van der Waals surface area contributed by atoms with Crippen LogP contribution < -0.4 is 0 Å². The van der Waals surface area contributed by atoms with E-state index in [2.05, 4.69) is 13.8 Å². The van der Waals surface area contributed by atoms with Crippen LogP contribution in [0.2, 0.25) is 0 Å². The van der Waals surface area contributed by atoms with E-state index in [1.54, 1.807) is 0 Å². The maximum Gasteiger partial charge on any atom is 0.309 e. The van der Waals surface area contributed by atoms with Crippen molar-refractivity contribution in [1.29, 1.82) is 0 Å². The van der Waals surface area contributed by atoms with Gasteiger partial charge in [0.05, 0.1) is 23.2 Å².